The summed E-state index contributed by atoms with van der Waals surface area (Å²) in [5.74, 6) is 0. The van der Waals surface area contributed by atoms with Gasteiger partial charge in [0.05, 0.1) is 0 Å². The zero-order valence-electron chi connectivity index (χ0n) is 9.82. The molecule has 2 N–H and O–H groups in total. The number of piperidine rings is 1. The molecule has 2 nitrogen and oxygen atoms in total. The molecule has 1 saturated heterocycles. The van der Waals surface area contributed by atoms with Gasteiger partial charge in [0.2, 0.25) is 0 Å². The van der Waals surface area contributed by atoms with Gasteiger partial charge in [0.15, 0.2) is 0 Å². The van der Waals surface area contributed by atoms with Crippen molar-refractivity contribution in [3.8, 4) is 0 Å². The maximum absolute atomic E-state index is 6.05. The monoisotopic (exact) mass is 228 g/mol. The summed E-state index contributed by atoms with van der Waals surface area (Å²) >= 11 is 2.06. The minimum absolute atomic E-state index is 0.438. The van der Waals surface area contributed by atoms with E-state index in [9.17, 15) is 0 Å². The van der Waals surface area contributed by atoms with Crippen LogP contribution in [-0.4, -0.2) is 41.6 Å². The van der Waals surface area contributed by atoms with Crippen LogP contribution >= 0.6 is 11.8 Å². The highest BCUT2D eigenvalue weighted by Gasteiger charge is 2.28. The Morgan fingerprint density at radius 1 is 1.20 bits per heavy atom. The average Bonchev–Trinajstić information content (AvgIpc) is 2.29. The Kier molecular flexibility index (Phi) is 4.35. The van der Waals surface area contributed by atoms with E-state index in [1.807, 2.05) is 0 Å². The molecule has 0 aromatic rings. The number of likely N-dealkylation sites (tertiary alicyclic amines) is 1. The Labute approximate surface area is 98.0 Å². The van der Waals surface area contributed by atoms with Crippen LogP contribution in [0.1, 0.15) is 38.5 Å². The van der Waals surface area contributed by atoms with Crippen LogP contribution in [0, 0.1) is 0 Å². The summed E-state index contributed by atoms with van der Waals surface area (Å²) in [6, 6.07) is 1.27. The first kappa shape index (κ1) is 11.7. The van der Waals surface area contributed by atoms with Crippen molar-refractivity contribution in [1.29, 1.82) is 0 Å². The summed E-state index contributed by atoms with van der Waals surface area (Å²) in [6.07, 6.45) is 10.4. The van der Waals surface area contributed by atoms with Crippen molar-refractivity contribution in [2.75, 3.05) is 19.3 Å². The number of hydrogen-bond acceptors (Lipinski definition) is 3. The van der Waals surface area contributed by atoms with Crippen LogP contribution < -0.4 is 5.73 Å². The molecular weight excluding hydrogens is 204 g/mol. The third kappa shape index (κ3) is 3.11. The van der Waals surface area contributed by atoms with Crippen molar-refractivity contribution in [3.63, 3.8) is 0 Å². The van der Waals surface area contributed by atoms with Gasteiger partial charge in [-0.3, -0.25) is 4.90 Å². The van der Waals surface area contributed by atoms with Crippen LogP contribution in [0.5, 0.6) is 0 Å². The number of thioether (sulfide) groups is 1. The molecule has 2 fully saturated rings. The Morgan fingerprint density at radius 2 is 2.07 bits per heavy atom. The highest BCUT2D eigenvalue weighted by atomic mass is 32.2. The van der Waals surface area contributed by atoms with Gasteiger partial charge < -0.3 is 5.73 Å². The molecule has 0 radical (unpaired) electrons. The van der Waals surface area contributed by atoms with E-state index in [-0.39, 0.29) is 0 Å². The van der Waals surface area contributed by atoms with E-state index < -0.39 is 0 Å². The Balaban J connectivity index is 1.86. The maximum Gasteiger partial charge on any atom is 0.0168 e. The standard InChI is InChI=1S/C12H24N2S/c1-15-12-6-2-5-11(8-12)14-7-3-4-10(13)9-14/h10-12H,2-9,13H2,1H3. The molecule has 1 aliphatic heterocycles. The molecule has 15 heavy (non-hydrogen) atoms. The number of nitrogens with two attached hydrogens (primary N) is 1. The van der Waals surface area contributed by atoms with Crippen LogP contribution in [0.15, 0.2) is 0 Å². The molecule has 88 valence electrons. The fourth-order valence-corrected chi connectivity index (χ4v) is 3.86. The second kappa shape index (κ2) is 5.55. The largest absolute Gasteiger partial charge is 0.327 e. The van der Waals surface area contributed by atoms with E-state index in [2.05, 4.69) is 22.9 Å². The fraction of sp³-hybridized carbons (Fsp3) is 1.00. The van der Waals surface area contributed by atoms with Gasteiger partial charge in [0, 0.05) is 23.9 Å². The van der Waals surface area contributed by atoms with Crippen LogP contribution in [0.25, 0.3) is 0 Å². The predicted octanol–water partition coefficient (Wildman–Crippen LogP) is 2.08. The Morgan fingerprint density at radius 3 is 2.80 bits per heavy atom. The van der Waals surface area contributed by atoms with E-state index >= 15 is 0 Å². The Hall–Kier alpha value is 0.270. The van der Waals surface area contributed by atoms with E-state index in [1.54, 1.807) is 0 Å². The van der Waals surface area contributed by atoms with Gasteiger partial charge in [-0.2, -0.15) is 11.8 Å². The molecule has 0 aromatic heterocycles. The topological polar surface area (TPSA) is 29.3 Å². The Bertz CT molecular complexity index is 198. The molecular formula is C12H24N2S. The number of nitrogens with zero attached hydrogens (tertiary/aromatic N) is 1. The van der Waals surface area contributed by atoms with Gasteiger partial charge >= 0.3 is 0 Å². The van der Waals surface area contributed by atoms with Crippen molar-refractivity contribution in [1.82, 2.24) is 4.90 Å². The summed E-state index contributed by atoms with van der Waals surface area (Å²) in [5, 5.41) is 0.905. The summed E-state index contributed by atoms with van der Waals surface area (Å²) in [4.78, 5) is 2.66. The SMILES string of the molecule is CSC1CCCC(N2CCCC(N)C2)C1. The quantitative estimate of drug-likeness (QED) is 0.784. The first-order valence-electron chi connectivity index (χ1n) is 6.32. The lowest BCUT2D eigenvalue weighted by molar-refractivity contribution is 0.122. The van der Waals surface area contributed by atoms with Gasteiger partial charge in [-0.15, -0.1) is 0 Å². The summed E-state index contributed by atoms with van der Waals surface area (Å²) in [7, 11) is 0. The summed E-state index contributed by atoms with van der Waals surface area (Å²) < 4.78 is 0. The summed E-state index contributed by atoms with van der Waals surface area (Å²) in [5.41, 5.74) is 6.05. The zero-order valence-corrected chi connectivity index (χ0v) is 10.6. The van der Waals surface area contributed by atoms with E-state index in [0.717, 1.165) is 17.8 Å². The van der Waals surface area contributed by atoms with Gasteiger partial charge in [-0.05, 0) is 44.9 Å². The van der Waals surface area contributed by atoms with Gasteiger partial charge in [0.1, 0.15) is 0 Å². The third-order valence-corrected chi connectivity index (χ3v) is 5.03. The summed E-state index contributed by atoms with van der Waals surface area (Å²) in [6.45, 7) is 2.44. The van der Waals surface area contributed by atoms with Crippen LogP contribution in [-0.2, 0) is 0 Å². The zero-order chi connectivity index (χ0) is 10.7. The third-order valence-electron chi connectivity index (χ3n) is 3.94. The smallest absolute Gasteiger partial charge is 0.0168 e. The predicted molar refractivity (Wildman–Crippen MR) is 68.3 cm³/mol. The van der Waals surface area contributed by atoms with Crippen LogP contribution in [0.4, 0.5) is 0 Å². The van der Waals surface area contributed by atoms with Crippen molar-refractivity contribution >= 4 is 11.8 Å². The lowest BCUT2D eigenvalue weighted by Crippen LogP contribution is -2.49. The molecule has 2 rings (SSSR count). The minimum atomic E-state index is 0.438. The minimum Gasteiger partial charge on any atom is -0.327 e. The second-order valence-corrected chi connectivity index (χ2v) is 6.21. The first-order valence-corrected chi connectivity index (χ1v) is 7.61. The van der Waals surface area contributed by atoms with Crippen molar-refractivity contribution in [2.24, 2.45) is 5.73 Å². The van der Waals surface area contributed by atoms with Crippen LogP contribution in [0.2, 0.25) is 0 Å². The molecule has 1 aliphatic carbocycles. The normalized spacial score (nSPS) is 39.2. The van der Waals surface area contributed by atoms with E-state index in [4.69, 9.17) is 5.73 Å². The number of hydrogen-bond donors (Lipinski definition) is 1. The molecule has 0 bridgehead atoms. The van der Waals surface area contributed by atoms with Gasteiger partial charge in [-0.25, -0.2) is 0 Å². The molecule has 1 heterocycles. The first-order chi connectivity index (χ1) is 7.29. The maximum atomic E-state index is 6.05. The number of rotatable bonds is 2. The highest BCUT2D eigenvalue weighted by Crippen LogP contribution is 2.30. The highest BCUT2D eigenvalue weighted by molar-refractivity contribution is 7.99. The van der Waals surface area contributed by atoms with E-state index in [0.29, 0.717) is 6.04 Å². The van der Waals surface area contributed by atoms with Gasteiger partial charge in [-0.1, -0.05) is 6.42 Å². The molecule has 0 aromatic carbocycles. The second-order valence-electron chi connectivity index (χ2n) is 5.08. The molecule has 2 aliphatic rings. The van der Waals surface area contributed by atoms with Gasteiger partial charge in [0.25, 0.3) is 0 Å². The average molecular weight is 228 g/mol. The molecule has 0 spiro atoms. The molecule has 3 atom stereocenters. The van der Waals surface area contributed by atoms with E-state index in [1.165, 1.54) is 45.1 Å². The molecule has 3 unspecified atom stereocenters. The molecule has 1 saturated carbocycles. The van der Waals surface area contributed by atoms with Crippen LogP contribution in [0.3, 0.4) is 0 Å². The fourth-order valence-electron chi connectivity index (χ4n) is 3.04. The van der Waals surface area contributed by atoms with Crippen molar-refractivity contribution in [3.05, 3.63) is 0 Å². The molecule has 3 heteroatoms. The van der Waals surface area contributed by atoms with Crippen molar-refractivity contribution < 1.29 is 0 Å². The lowest BCUT2D eigenvalue weighted by atomic mass is 9.91. The van der Waals surface area contributed by atoms with Crippen molar-refractivity contribution in [2.45, 2.75) is 55.9 Å². The lowest BCUT2D eigenvalue weighted by Gasteiger charge is -2.40. The molecule has 0 amide bonds.